The van der Waals surface area contributed by atoms with Crippen molar-refractivity contribution in [1.29, 1.82) is 0 Å². The Hall–Kier alpha value is -2.58. The van der Waals surface area contributed by atoms with Crippen LogP contribution in [0.3, 0.4) is 0 Å². The molecule has 0 atom stereocenters. The van der Waals surface area contributed by atoms with Crippen LogP contribution in [-0.2, 0) is 17.7 Å². The van der Waals surface area contributed by atoms with Crippen LogP contribution in [0.4, 0.5) is 5.69 Å². The van der Waals surface area contributed by atoms with Crippen molar-refractivity contribution in [2.24, 2.45) is 0 Å². The van der Waals surface area contributed by atoms with Crippen molar-refractivity contribution in [2.45, 2.75) is 32.9 Å². The number of amides is 1. The normalized spacial score (nSPS) is 12.7. The van der Waals surface area contributed by atoms with Gasteiger partial charge in [0.15, 0.2) is 5.69 Å². The van der Waals surface area contributed by atoms with E-state index in [1.807, 2.05) is 13.8 Å². The molecule has 3 rings (SSSR count). The predicted octanol–water partition coefficient (Wildman–Crippen LogP) is 2.30. The zero-order valence-electron chi connectivity index (χ0n) is 15.4. The molecule has 3 N–H and O–H groups in total. The highest BCUT2D eigenvalue weighted by Crippen LogP contribution is 2.28. The van der Waals surface area contributed by atoms with Gasteiger partial charge in [-0.3, -0.25) is 9.89 Å². The second-order valence-corrected chi connectivity index (χ2v) is 6.28. The molecule has 1 aliphatic rings. The first kappa shape index (κ1) is 20.7. The third-order valence-electron chi connectivity index (χ3n) is 4.03. The van der Waals surface area contributed by atoms with Crippen LogP contribution in [0.2, 0.25) is 0 Å². The molecule has 0 aliphatic carbocycles. The van der Waals surface area contributed by atoms with Gasteiger partial charge < -0.3 is 20.1 Å². The Labute approximate surface area is 163 Å². The molecule has 8 nitrogen and oxygen atoms in total. The van der Waals surface area contributed by atoms with Crippen LogP contribution in [0, 0.1) is 0 Å². The van der Waals surface area contributed by atoms with Gasteiger partial charge in [-0.25, -0.2) is 4.79 Å². The van der Waals surface area contributed by atoms with Gasteiger partial charge in [-0.1, -0.05) is 0 Å². The molecule has 2 heterocycles. The molecule has 9 heteroatoms. The van der Waals surface area contributed by atoms with Gasteiger partial charge in [-0.15, -0.1) is 12.4 Å². The Kier molecular flexibility index (Phi) is 6.81. The van der Waals surface area contributed by atoms with Gasteiger partial charge in [0, 0.05) is 30.8 Å². The molecule has 1 aromatic carbocycles. The van der Waals surface area contributed by atoms with Crippen molar-refractivity contribution in [3.8, 4) is 5.75 Å². The fraction of sp³-hybridized carbons (Fsp3) is 0.389. The number of hydrogen-bond acceptors (Lipinski definition) is 6. The number of nitrogens with one attached hydrogen (secondary N) is 3. The highest BCUT2D eigenvalue weighted by molar-refractivity contribution is 6.05. The maximum atomic E-state index is 12.7. The number of H-pyrrole nitrogens is 1. The standard InChI is InChI=1S/C18H22N4O4.ClH/c1-10(2)26-15-5-4-11(18(24)25-3)8-14(15)20-17(23)16-12-9-19-7-6-13(12)21-22-16;/h4-5,8,10,19H,6-7,9H2,1-3H3,(H,20,23)(H,21,22);1H. The first-order chi connectivity index (χ1) is 12.5. The number of benzene rings is 1. The summed E-state index contributed by atoms with van der Waals surface area (Å²) >= 11 is 0. The Morgan fingerprint density at radius 1 is 1.30 bits per heavy atom. The zero-order valence-corrected chi connectivity index (χ0v) is 16.2. The van der Waals surface area contributed by atoms with Crippen molar-refractivity contribution in [3.05, 3.63) is 40.7 Å². The number of aromatic amines is 1. The number of ether oxygens (including phenoxy) is 2. The minimum atomic E-state index is -0.488. The Morgan fingerprint density at radius 2 is 2.07 bits per heavy atom. The second kappa shape index (κ2) is 8.88. The highest BCUT2D eigenvalue weighted by Gasteiger charge is 2.23. The van der Waals surface area contributed by atoms with Crippen molar-refractivity contribution in [2.75, 3.05) is 19.0 Å². The Morgan fingerprint density at radius 3 is 2.78 bits per heavy atom. The number of aromatic nitrogens is 2. The number of carbonyl (C=O) groups excluding carboxylic acids is 2. The summed E-state index contributed by atoms with van der Waals surface area (Å²) in [6.45, 7) is 5.21. The molecular weight excluding hydrogens is 372 g/mol. The number of anilines is 1. The average molecular weight is 395 g/mol. The van der Waals surface area contributed by atoms with Crippen molar-refractivity contribution < 1.29 is 19.1 Å². The van der Waals surface area contributed by atoms with E-state index in [1.54, 1.807) is 18.2 Å². The molecule has 0 saturated carbocycles. The summed E-state index contributed by atoms with van der Waals surface area (Å²) < 4.78 is 10.5. The summed E-state index contributed by atoms with van der Waals surface area (Å²) in [5, 5.41) is 13.1. The van der Waals surface area contributed by atoms with Gasteiger partial charge in [-0.05, 0) is 32.0 Å². The van der Waals surface area contributed by atoms with E-state index in [0.717, 1.165) is 24.2 Å². The topological polar surface area (TPSA) is 105 Å². The van der Waals surface area contributed by atoms with Crippen LogP contribution in [0.1, 0.15) is 46.0 Å². The molecule has 0 spiro atoms. The predicted molar refractivity (Wildman–Crippen MR) is 103 cm³/mol. The fourth-order valence-corrected chi connectivity index (χ4v) is 2.82. The maximum Gasteiger partial charge on any atom is 0.337 e. The molecule has 0 unspecified atom stereocenters. The molecule has 146 valence electrons. The van der Waals surface area contributed by atoms with Gasteiger partial charge in [0.25, 0.3) is 5.91 Å². The maximum absolute atomic E-state index is 12.7. The number of fused-ring (bicyclic) bond motifs is 1. The molecule has 1 aliphatic heterocycles. The van der Waals surface area contributed by atoms with E-state index in [4.69, 9.17) is 9.47 Å². The molecular formula is C18H23ClN4O4. The monoisotopic (exact) mass is 394 g/mol. The first-order valence-electron chi connectivity index (χ1n) is 8.46. The van der Waals surface area contributed by atoms with Crippen LogP contribution < -0.4 is 15.4 Å². The van der Waals surface area contributed by atoms with Gasteiger partial charge in [0.2, 0.25) is 0 Å². The van der Waals surface area contributed by atoms with Gasteiger partial charge in [-0.2, -0.15) is 5.10 Å². The fourth-order valence-electron chi connectivity index (χ4n) is 2.82. The van der Waals surface area contributed by atoms with Crippen molar-refractivity contribution in [1.82, 2.24) is 15.5 Å². The lowest BCUT2D eigenvalue weighted by atomic mass is 10.1. The summed E-state index contributed by atoms with van der Waals surface area (Å²) in [5.74, 6) is -0.372. The first-order valence-corrected chi connectivity index (χ1v) is 8.46. The molecule has 0 radical (unpaired) electrons. The van der Waals surface area contributed by atoms with E-state index in [-0.39, 0.29) is 24.4 Å². The molecule has 0 bridgehead atoms. The van der Waals surface area contributed by atoms with Gasteiger partial charge in [0.1, 0.15) is 5.75 Å². The summed E-state index contributed by atoms with van der Waals surface area (Å²) in [4.78, 5) is 24.5. The van der Waals surface area contributed by atoms with Crippen LogP contribution in [-0.4, -0.2) is 41.8 Å². The molecule has 1 aromatic heterocycles. The zero-order chi connectivity index (χ0) is 18.7. The number of carbonyl (C=O) groups is 2. The molecule has 1 amide bonds. The lowest BCUT2D eigenvalue weighted by Gasteiger charge is -2.16. The Balaban J connectivity index is 0.00000261. The molecule has 2 aromatic rings. The van der Waals surface area contributed by atoms with E-state index in [9.17, 15) is 9.59 Å². The van der Waals surface area contributed by atoms with Crippen LogP contribution in [0.5, 0.6) is 5.75 Å². The third-order valence-corrected chi connectivity index (χ3v) is 4.03. The van der Waals surface area contributed by atoms with E-state index in [2.05, 4.69) is 20.8 Å². The molecule has 27 heavy (non-hydrogen) atoms. The Bertz CT molecular complexity index is 835. The summed E-state index contributed by atoms with van der Waals surface area (Å²) in [6.07, 6.45) is 0.715. The van der Waals surface area contributed by atoms with E-state index in [0.29, 0.717) is 29.2 Å². The SMILES string of the molecule is COC(=O)c1ccc(OC(C)C)c(NC(=O)c2n[nH]c3c2CNCC3)c1.Cl. The minimum absolute atomic E-state index is 0. The lowest BCUT2D eigenvalue weighted by molar-refractivity contribution is 0.0600. The molecule has 0 fully saturated rings. The molecule has 0 saturated heterocycles. The van der Waals surface area contributed by atoms with Gasteiger partial charge in [0.05, 0.1) is 24.5 Å². The lowest BCUT2D eigenvalue weighted by Crippen LogP contribution is -2.25. The summed E-state index contributed by atoms with van der Waals surface area (Å²) in [6, 6.07) is 4.78. The quantitative estimate of drug-likeness (QED) is 0.672. The van der Waals surface area contributed by atoms with Crippen LogP contribution in [0.15, 0.2) is 18.2 Å². The van der Waals surface area contributed by atoms with Crippen molar-refractivity contribution >= 4 is 30.0 Å². The van der Waals surface area contributed by atoms with E-state index >= 15 is 0 Å². The smallest absolute Gasteiger partial charge is 0.337 e. The summed E-state index contributed by atoms with van der Waals surface area (Å²) in [7, 11) is 1.31. The summed E-state index contributed by atoms with van der Waals surface area (Å²) in [5.41, 5.74) is 2.89. The average Bonchev–Trinajstić information content (AvgIpc) is 3.06. The number of hydrogen-bond donors (Lipinski definition) is 3. The number of halogens is 1. The number of methoxy groups -OCH3 is 1. The number of nitrogens with zero attached hydrogens (tertiary/aromatic N) is 1. The van der Waals surface area contributed by atoms with Crippen LogP contribution in [0.25, 0.3) is 0 Å². The van der Waals surface area contributed by atoms with E-state index < -0.39 is 5.97 Å². The van der Waals surface area contributed by atoms with E-state index in [1.165, 1.54) is 7.11 Å². The largest absolute Gasteiger partial charge is 0.489 e. The second-order valence-electron chi connectivity index (χ2n) is 6.28. The number of esters is 1. The van der Waals surface area contributed by atoms with Crippen molar-refractivity contribution in [3.63, 3.8) is 0 Å². The third kappa shape index (κ3) is 4.58. The number of rotatable bonds is 5. The minimum Gasteiger partial charge on any atom is -0.489 e. The highest BCUT2D eigenvalue weighted by atomic mass is 35.5. The van der Waals surface area contributed by atoms with Gasteiger partial charge >= 0.3 is 5.97 Å². The van der Waals surface area contributed by atoms with Crippen LogP contribution >= 0.6 is 12.4 Å².